The molecule has 9 nitrogen and oxygen atoms in total. The highest BCUT2D eigenvalue weighted by atomic mass is 32.2. The highest BCUT2D eigenvalue weighted by Crippen LogP contribution is 2.29. The molecule has 1 N–H and O–H groups in total. The number of aromatic nitrogens is 3. The molecule has 1 aromatic heterocycles. The number of aryl methyl sites for hydroxylation is 1. The van der Waals surface area contributed by atoms with E-state index in [2.05, 4.69) is 15.5 Å². The third-order valence-corrected chi connectivity index (χ3v) is 5.13. The molecule has 0 unspecified atom stereocenters. The van der Waals surface area contributed by atoms with Crippen molar-refractivity contribution in [3.63, 3.8) is 0 Å². The van der Waals surface area contributed by atoms with E-state index in [0.717, 1.165) is 11.1 Å². The molecule has 0 bridgehead atoms. The molecule has 3 aromatic rings. The van der Waals surface area contributed by atoms with E-state index in [4.69, 9.17) is 4.74 Å². The number of nitrogens with one attached hydrogen (secondary N) is 1. The lowest BCUT2D eigenvalue weighted by atomic mass is 10.1. The summed E-state index contributed by atoms with van der Waals surface area (Å²) in [5.74, 6) is 0.744. The summed E-state index contributed by atoms with van der Waals surface area (Å²) >= 11 is 1.24. The van der Waals surface area contributed by atoms with Crippen molar-refractivity contribution in [3.05, 3.63) is 58.1 Å². The van der Waals surface area contributed by atoms with Crippen LogP contribution in [-0.4, -0.2) is 38.5 Å². The van der Waals surface area contributed by atoms with Crippen molar-refractivity contribution in [2.75, 3.05) is 18.2 Å². The van der Waals surface area contributed by atoms with E-state index in [-0.39, 0.29) is 23.1 Å². The van der Waals surface area contributed by atoms with Gasteiger partial charge in [0.2, 0.25) is 5.91 Å². The van der Waals surface area contributed by atoms with Crippen molar-refractivity contribution in [2.24, 2.45) is 7.05 Å². The number of carbonyl (C=O) groups is 1. The third kappa shape index (κ3) is 4.72. The Morgan fingerprint density at radius 1 is 1.28 bits per heavy atom. The minimum absolute atomic E-state index is 0.0972. The number of hydrogen-bond donors (Lipinski definition) is 1. The fraction of sp³-hybridized carbons (Fsp3) is 0.211. The largest absolute Gasteiger partial charge is 0.494 e. The number of nitrogens with zero attached hydrogens (tertiary/aromatic N) is 4. The molecule has 1 heterocycles. The summed E-state index contributed by atoms with van der Waals surface area (Å²) in [6.45, 7) is 2.01. The van der Waals surface area contributed by atoms with Crippen molar-refractivity contribution >= 4 is 29.0 Å². The van der Waals surface area contributed by atoms with Gasteiger partial charge in [0.15, 0.2) is 11.0 Å². The summed E-state index contributed by atoms with van der Waals surface area (Å²) in [7, 11) is 3.23. The molecule has 3 rings (SSSR count). The number of anilines is 1. The van der Waals surface area contributed by atoms with E-state index < -0.39 is 4.92 Å². The maximum atomic E-state index is 12.3. The second-order valence-electron chi connectivity index (χ2n) is 6.21. The molecule has 0 spiro atoms. The van der Waals surface area contributed by atoms with Gasteiger partial charge in [-0.25, -0.2) is 0 Å². The molecule has 29 heavy (non-hydrogen) atoms. The van der Waals surface area contributed by atoms with Crippen LogP contribution in [0.1, 0.15) is 5.56 Å². The van der Waals surface area contributed by atoms with E-state index >= 15 is 0 Å². The van der Waals surface area contributed by atoms with E-state index in [9.17, 15) is 14.9 Å². The standard InChI is InChI=1S/C19H19N5O4S/c1-12-5-4-6-13(9-12)18-21-22-19(23(18)2)29-11-17(25)20-15-8-7-14(24(26)27)10-16(15)28-3/h4-10H,11H2,1-3H3,(H,20,25). The van der Waals surface area contributed by atoms with Crippen LogP contribution in [0.5, 0.6) is 5.75 Å². The molecule has 10 heteroatoms. The predicted octanol–water partition coefficient (Wildman–Crippen LogP) is 3.44. The van der Waals surface area contributed by atoms with Gasteiger partial charge >= 0.3 is 0 Å². The molecule has 0 radical (unpaired) electrons. The first-order valence-electron chi connectivity index (χ1n) is 8.60. The maximum Gasteiger partial charge on any atom is 0.273 e. The van der Waals surface area contributed by atoms with Crippen molar-refractivity contribution in [1.82, 2.24) is 14.8 Å². The Balaban J connectivity index is 1.67. The fourth-order valence-corrected chi connectivity index (χ4v) is 3.40. The first-order valence-corrected chi connectivity index (χ1v) is 9.59. The van der Waals surface area contributed by atoms with Gasteiger partial charge in [0, 0.05) is 18.7 Å². The molecule has 0 saturated heterocycles. The molecule has 2 aromatic carbocycles. The number of nitro groups is 1. The van der Waals surface area contributed by atoms with Crippen molar-refractivity contribution in [3.8, 4) is 17.1 Å². The number of amides is 1. The Bertz CT molecular complexity index is 1070. The first kappa shape index (κ1) is 20.3. The summed E-state index contributed by atoms with van der Waals surface area (Å²) in [5, 5.41) is 22.5. The van der Waals surface area contributed by atoms with E-state index in [0.29, 0.717) is 16.7 Å². The molecule has 0 fully saturated rings. The molecular weight excluding hydrogens is 394 g/mol. The van der Waals surface area contributed by atoms with Gasteiger partial charge in [-0.3, -0.25) is 14.9 Å². The molecule has 0 aliphatic heterocycles. The summed E-state index contributed by atoms with van der Waals surface area (Å²) in [5.41, 5.74) is 2.32. The van der Waals surface area contributed by atoms with Gasteiger partial charge in [-0.05, 0) is 19.1 Å². The van der Waals surface area contributed by atoms with Crippen molar-refractivity contribution in [1.29, 1.82) is 0 Å². The number of thioether (sulfide) groups is 1. The van der Waals surface area contributed by atoms with E-state index in [1.807, 2.05) is 42.8 Å². The van der Waals surface area contributed by atoms with Crippen LogP contribution in [0.15, 0.2) is 47.6 Å². The van der Waals surface area contributed by atoms with Gasteiger partial charge in [0.1, 0.15) is 5.75 Å². The second kappa shape index (κ2) is 8.74. The van der Waals surface area contributed by atoms with Crippen LogP contribution in [0.2, 0.25) is 0 Å². The van der Waals surface area contributed by atoms with Crippen molar-refractivity contribution < 1.29 is 14.5 Å². The Kier molecular flexibility index (Phi) is 6.13. The van der Waals surface area contributed by atoms with Crippen LogP contribution in [0.25, 0.3) is 11.4 Å². The lowest BCUT2D eigenvalue weighted by Crippen LogP contribution is -2.15. The number of non-ortho nitro benzene ring substituents is 1. The number of benzene rings is 2. The second-order valence-corrected chi connectivity index (χ2v) is 7.16. The fourth-order valence-electron chi connectivity index (χ4n) is 2.69. The van der Waals surface area contributed by atoms with Gasteiger partial charge in [-0.2, -0.15) is 0 Å². The molecule has 0 aliphatic carbocycles. The van der Waals surface area contributed by atoms with Crippen LogP contribution in [0.3, 0.4) is 0 Å². The molecule has 1 amide bonds. The third-order valence-electron chi connectivity index (χ3n) is 4.11. The topological polar surface area (TPSA) is 112 Å². The zero-order valence-corrected chi connectivity index (χ0v) is 16.9. The molecule has 0 aliphatic rings. The lowest BCUT2D eigenvalue weighted by molar-refractivity contribution is -0.384. The van der Waals surface area contributed by atoms with E-state index in [1.165, 1.54) is 37.1 Å². The normalized spacial score (nSPS) is 10.6. The molecule has 150 valence electrons. The number of methoxy groups -OCH3 is 1. The average Bonchev–Trinajstić information content (AvgIpc) is 3.07. The smallest absolute Gasteiger partial charge is 0.273 e. The van der Waals surface area contributed by atoms with Crippen molar-refractivity contribution in [2.45, 2.75) is 12.1 Å². The summed E-state index contributed by atoms with van der Waals surface area (Å²) in [6, 6.07) is 12.0. The highest BCUT2D eigenvalue weighted by molar-refractivity contribution is 7.99. The molecule has 0 atom stereocenters. The van der Waals surface area contributed by atoms with Crippen LogP contribution in [0, 0.1) is 17.0 Å². The highest BCUT2D eigenvalue weighted by Gasteiger charge is 2.16. The van der Waals surface area contributed by atoms with Gasteiger partial charge in [0.25, 0.3) is 5.69 Å². The zero-order valence-electron chi connectivity index (χ0n) is 16.1. The minimum atomic E-state index is -0.524. The Hall–Kier alpha value is -3.40. The average molecular weight is 413 g/mol. The number of nitro benzene ring substituents is 1. The predicted molar refractivity (Wildman–Crippen MR) is 110 cm³/mol. The minimum Gasteiger partial charge on any atom is -0.494 e. The van der Waals surface area contributed by atoms with Crippen LogP contribution < -0.4 is 10.1 Å². The lowest BCUT2D eigenvalue weighted by Gasteiger charge is -2.10. The number of hydrogen-bond acceptors (Lipinski definition) is 7. The van der Waals surface area contributed by atoms with Gasteiger partial charge in [-0.15, -0.1) is 10.2 Å². The SMILES string of the molecule is COc1cc([N+](=O)[O-])ccc1NC(=O)CSc1nnc(-c2cccc(C)c2)n1C. The Labute approximate surface area is 171 Å². The van der Waals surface area contributed by atoms with Gasteiger partial charge < -0.3 is 14.6 Å². The van der Waals surface area contributed by atoms with Crippen LogP contribution in [0.4, 0.5) is 11.4 Å². The quantitative estimate of drug-likeness (QED) is 0.359. The molecule has 0 saturated carbocycles. The summed E-state index contributed by atoms with van der Waals surface area (Å²) in [4.78, 5) is 22.7. The van der Waals surface area contributed by atoms with Gasteiger partial charge in [-0.1, -0.05) is 35.5 Å². The van der Waals surface area contributed by atoms with E-state index in [1.54, 1.807) is 0 Å². The Morgan fingerprint density at radius 2 is 2.07 bits per heavy atom. The number of rotatable bonds is 7. The Morgan fingerprint density at radius 3 is 2.76 bits per heavy atom. The number of ether oxygens (including phenoxy) is 1. The monoisotopic (exact) mass is 413 g/mol. The molecular formula is C19H19N5O4S. The summed E-state index contributed by atoms with van der Waals surface area (Å²) < 4.78 is 6.96. The maximum absolute atomic E-state index is 12.3. The zero-order chi connectivity index (χ0) is 21.0. The van der Waals surface area contributed by atoms with Crippen LogP contribution >= 0.6 is 11.8 Å². The first-order chi connectivity index (χ1) is 13.9. The number of carbonyl (C=O) groups excluding carboxylic acids is 1. The summed E-state index contributed by atoms with van der Waals surface area (Å²) in [6.07, 6.45) is 0. The van der Waals surface area contributed by atoms with Crippen LogP contribution in [-0.2, 0) is 11.8 Å². The van der Waals surface area contributed by atoms with Gasteiger partial charge in [0.05, 0.1) is 29.5 Å².